The van der Waals surface area contributed by atoms with Gasteiger partial charge in [0.25, 0.3) is 0 Å². The van der Waals surface area contributed by atoms with E-state index in [0.29, 0.717) is 12.2 Å². The van der Waals surface area contributed by atoms with Crippen LogP contribution in [0.4, 0.5) is 0 Å². The zero-order valence-electron chi connectivity index (χ0n) is 9.07. The van der Waals surface area contributed by atoms with Gasteiger partial charge in [-0.05, 0) is 26.4 Å². The van der Waals surface area contributed by atoms with E-state index in [4.69, 9.17) is 11.1 Å². The van der Waals surface area contributed by atoms with Gasteiger partial charge in [0.05, 0.1) is 17.3 Å². The number of rotatable bonds is 5. The van der Waals surface area contributed by atoms with Crippen molar-refractivity contribution >= 4 is 15.7 Å². The van der Waals surface area contributed by atoms with E-state index in [-0.39, 0.29) is 17.6 Å². The summed E-state index contributed by atoms with van der Waals surface area (Å²) in [6.45, 7) is 0.805. The van der Waals surface area contributed by atoms with E-state index >= 15 is 0 Å². The van der Waals surface area contributed by atoms with Crippen LogP contribution in [-0.4, -0.2) is 50.3 Å². The van der Waals surface area contributed by atoms with Gasteiger partial charge in [-0.1, -0.05) is 0 Å². The van der Waals surface area contributed by atoms with E-state index < -0.39 is 9.84 Å². The van der Waals surface area contributed by atoms with E-state index in [0.717, 1.165) is 19.4 Å². The van der Waals surface area contributed by atoms with E-state index in [2.05, 4.69) is 4.90 Å². The molecule has 0 saturated carbocycles. The van der Waals surface area contributed by atoms with Gasteiger partial charge in [0.15, 0.2) is 9.84 Å². The van der Waals surface area contributed by atoms with Crippen LogP contribution >= 0.6 is 0 Å². The van der Waals surface area contributed by atoms with Crippen molar-refractivity contribution in [1.29, 1.82) is 5.41 Å². The van der Waals surface area contributed by atoms with E-state index in [9.17, 15) is 8.42 Å². The van der Waals surface area contributed by atoms with Crippen LogP contribution in [0.25, 0.3) is 0 Å². The molecular weight excluding hydrogens is 214 g/mol. The standard InChI is InChI=1S/C9H19N3O2S/c1-12(5-2-3-9(10)11)8-4-6-15(13,14)7-8/h8H,2-7H2,1H3,(H3,10,11). The Morgan fingerprint density at radius 2 is 2.27 bits per heavy atom. The highest BCUT2D eigenvalue weighted by Crippen LogP contribution is 2.16. The molecule has 0 spiro atoms. The maximum absolute atomic E-state index is 11.2. The first-order chi connectivity index (χ1) is 6.91. The monoisotopic (exact) mass is 233 g/mol. The Bertz CT molecular complexity index is 326. The van der Waals surface area contributed by atoms with Gasteiger partial charge in [-0.2, -0.15) is 0 Å². The number of nitrogens with one attached hydrogen (secondary N) is 1. The lowest BCUT2D eigenvalue weighted by Gasteiger charge is -2.22. The third-order valence-electron chi connectivity index (χ3n) is 2.79. The summed E-state index contributed by atoms with van der Waals surface area (Å²) in [4.78, 5) is 2.06. The molecule has 0 aromatic heterocycles. The van der Waals surface area contributed by atoms with Crippen molar-refractivity contribution in [3.63, 3.8) is 0 Å². The van der Waals surface area contributed by atoms with Gasteiger partial charge in [0.2, 0.25) is 0 Å². The average molecular weight is 233 g/mol. The van der Waals surface area contributed by atoms with Crippen molar-refractivity contribution in [2.24, 2.45) is 5.73 Å². The molecule has 1 aliphatic heterocycles. The lowest BCUT2D eigenvalue weighted by atomic mass is 10.2. The van der Waals surface area contributed by atoms with E-state index in [1.165, 1.54) is 0 Å². The Morgan fingerprint density at radius 3 is 2.73 bits per heavy atom. The Hall–Kier alpha value is -0.620. The van der Waals surface area contributed by atoms with Crippen LogP contribution in [0.5, 0.6) is 0 Å². The summed E-state index contributed by atoms with van der Waals surface area (Å²) in [5.41, 5.74) is 5.24. The second-order valence-corrected chi connectivity index (χ2v) is 6.39. The minimum Gasteiger partial charge on any atom is -0.388 e. The summed E-state index contributed by atoms with van der Waals surface area (Å²) < 4.78 is 22.5. The molecule has 0 aromatic rings. The highest BCUT2D eigenvalue weighted by Gasteiger charge is 2.30. The smallest absolute Gasteiger partial charge is 0.151 e. The molecule has 0 radical (unpaired) electrons. The Morgan fingerprint density at radius 1 is 1.60 bits per heavy atom. The van der Waals surface area contributed by atoms with Crippen molar-refractivity contribution in [3.8, 4) is 0 Å². The van der Waals surface area contributed by atoms with Gasteiger partial charge in [0, 0.05) is 12.5 Å². The molecule has 1 unspecified atom stereocenters. The van der Waals surface area contributed by atoms with Crippen LogP contribution in [0, 0.1) is 5.41 Å². The predicted octanol–water partition coefficient (Wildman–Crippen LogP) is -0.179. The number of hydrogen-bond donors (Lipinski definition) is 2. The first-order valence-electron chi connectivity index (χ1n) is 5.14. The van der Waals surface area contributed by atoms with Crippen molar-refractivity contribution < 1.29 is 8.42 Å². The zero-order chi connectivity index (χ0) is 11.5. The number of sulfone groups is 1. The first-order valence-corrected chi connectivity index (χ1v) is 6.96. The normalized spacial score (nSPS) is 24.5. The third kappa shape index (κ3) is 4.17. The summed E-state index contributed by atoms with van der Waals surface area (Å²) in [6.07, 6.45) is 2.14. The SMILES string of the molecule is CN(CCCC(=N)N)C1CCS(=O)(=O)C1. The van der Waals surface area contributed by atoms with Crippen molar-refractivity contribution in [2.45, 2.75) is 25.3 Å². The van der Waals surface area contributed by atoms with Crippen molar-refractivity contribution in [3.05, 3.63) is 0 Å². The van der Waals surface area contributed by atoms with Crippen LogP contribution in [0.15, 0.2) is 0 Å². The molecule has 5 nitrogen and oxygen atoms in total. The second kappa shape index (κ2) is 4.94. The molecule has 1 saturated heterocycles. The molecule has 0 bridgehead atoms. The van der Waals surface area contributed by atoms with E-state index in [1.54, 1.807) is 0 Å². The summed E-state index contributed by atoms with van der Waals surface area (Å²) in [5, 5.41) is 7.07. The van der Waals surface area contributed by atoms with Crippen LogP contribution < -0.4 is 5.73 Å². The number of hydrogen-bond acceptors (Lipinski definition) is 4. The Labute approximate surface area is 91.1 Å². The fourth-order valence-electron chi connectivity index (χ4n) is 1.82. The quantitative estimate of drug-likeness (QED) is 0.509. The maximum atomic E-state index is 11.2. The average Bonchev–Trinajstić information content (AvgIpc) is 2.45. The van der Waals surface area contributed by atoms with Gasteiger partial charge in [-0.25, -0.2) is 8.42 Å². The molecule has 6 heteroatoms. The number of nitrogens with two attached hydrogens (primary N) is 1. The van der Waals surface area contributed by atoms with Crippen LogP contribution in [0.1, 0.15) is 19.3 Å². The van der Waals surface area contributed by atoms with Crippen LogP contribution in [0.2, 0.25) is 0 Å². The van der Waals surface area contributed by atoms with Gasteiger partial charge < -0.3 is 10.6 Å². The molecule has 0 amide bonds. The van der Waals surface area contributed by atoms with Crippen molar-refractivity contribution in [1.82, 2.24) is 4.90 Å². The van der Waals surface area contributed by atoms with Crippen molar-refractivity contribution in [2.75, 3.05) is 25.1 Å². The molecule has 0 aliphatic carbocycles. The summed E-state index contributed by atoms with van der Waals surface area (Å²) in [7, 11) is -0.854. The van der Waals surface area contributed by atoms with Crippen LogP contribution in [0.3, 0.4) is 0 Å². The molecule has 88 valence electrons. The lowest BCUT2D eigenvalue weighted by molar-refractivity contribution is 0.260. The highest BCUT2D eigenvalue weighted by atomic mass is 32.2. The largest absolute Gasteiger partial charge is 0.388 e. The van der Waals surface area contributed by atoms with Gasteiger partial charge in [0.1, 0.15) is 0 Å². The molecule has 1 heterocycles. The third-order valence-corrected chi connectivity index (χ3v) is 4.54. The topological polar surface area (TPSA) is 87.2 Å². The maximum Gasteiger partial charge on any atom is 0.151 e. The van der Waals surface area contributed by atoms with Gasteiger partial charge in [-0.15, -0.1) is 0 Å². The first kappa shape index (κ1) is 12.4. The zero-order valence-corrected chi connectivity index (χ0v) is 9.89. The Kier molecular flexibility index (Phi) is 4.10. The minimum atomic E-state index is -2.79. The summed E-state index contributed by atoms with van der Waals surface area (Å²) >= 11 is 0. The molecular formula is C9H19N3O2S. The molecule has 1 rings (SSSR count). The van der Waals surface area contributed by atoms with Gasteiger partial charge in [-0.3, -0.25) is 5.41 Å². The summed E-state index contributed by atoms with van der Waals surface area (Å²) in [6, 6.07) is 0.155. The Balaban J connectivity index is 2.29. The lowest BCUT2D eigenvalue weighted by Crippen LogP contribution is -2.33. The molecule has 3 N–H and O–H groups in total. The summed E-state index contributed by atoms with van der Waals surface area (Å²) in [5.74, 6) is 0.792. The fraction of sp³-hybridized carbons (Fsp3) is 0.889. The van der Waals surface area contributed by atoms with E-state index in [1.807, 2.05) is 7.05 Å². The minimum absolute atomic E-state index is 0.155. The predicted molar refractivity (Wildman–Crippen MR) is 60.8 cm³/mol. The molecule has 0 aromatic carbocycles. The molecule has 1 fully saturated rings. The molecule has 15 heavy (non-hydrogen) atoms. The number of amidine groups is 1. The highest BCUT2D eigenvalue weighted by molar-refractivity contribution is 7.91. The number of nitrogens with zero attached hydrogens (tertiary/aromatic N) is 1. The molecule has 1 atom stereocenters. The fourth-order valence-corrected chi connectivity index (χ4v) is 3.63. The molecule has 1 aliphatic rings. The second-order valence-electron chi connectivity index (χ2n) is 4.17. The van der Waals surface area contributed by atoms with Gasteiger partial charge >= 0.3 is 0 Å². The van der Waals surface area contributed by atoms with Crippen LogP contribution in [-0.2, 0) is 9.84 Å².